The van der Waals surface area contributed by atoms with E-state index in [1.807, 2.05) is 48.5 Å². The van der Waals surface area contributed by atoms with Crippen LogP contribution in [0.25, 0.3) is 22.7 Å². The summed E-state index contributed by atoms with van der Waals surface area (Å²) < 4.78 is 16.4. The number of hydrogen-bond donors (Lipinski definition) is 2. The number of primary amides is 1. The summed E-state index contributed by atoms with van der Waals surface area (Å²) in [6, 6.07) is 16.9. The quantitative estimate of drug-likeness (QED) is 0.408. The average Bonchev–Trinajstić information content (AvgIpc) is 3.21. The molecule has 2 aromatic carbocycles. The number of amides is 1. The van der Waals surface area contributed by atoms with Crippen molar-refractivity contribution in [3.8, 4) is 23.0 Å². The Labute approximate surface area is 184 Å². The number of oxazole rings is 1. The molecule has 0 aliphatic rings. The number of aromatic nitrogens is 2. The number of halogens is 1. The van der Waals surface area contributed by atoms with E-state index in [4.69, 9.17) is 19.6 Å². The highest BCUT2D eigenvalue weighted by Crippen LogP contribution is 2.29. The molecule has 0 bridgehead atoms. The first kappa shape index (κ1) is 21.9. The smallest absolute Gasteiger partial charge is 0.255 e. The number of nitrogens with one attached hydrogen (secondary N) is 1. The van der Waals surface area contributed by atoms with Crippen LogP contribution in [0, 0.1) is 0 Å². The monoisotopic (exact) mass is 439 g/mol. The Kier molecular flexibility index (Phi) is 6.94. The molecule has 4 aromatic rings. The molecular weight excluding hydrogens is 420 g/mol. The van der Waals surface area contributed by atoms with E-state index in [-0.39, 0.29) is 19.0 Å². The third-order valence-electron chi connectivity index (χ3n) is 4.39. The van der Waals surface area contributed by atoms with Crippen molar-refractivity contribution in [2.24, 2.45) is 5.73 Å². The van der Waals surface area contributed by atoms with Crippen molar-refractivity contribution in [3.05, 3.63) is 66.4 Å². The predicted octanol–water partition coefficient (Wildman–Crippen LogP) is 0.379. The lowest BCUT2D eigenvalue weighted by molar-refractivity contribution is -0.119. The van der Waals surface area contributed by atoms with Crippen LogP contribution in [0.15, 0.2) is 65.2 Å². The van der Waals surface area contributed by atoms with E-state index in [0.29, 0.717) is 35.2 Å². The van der Waals surface area contributed by atoms with Crippen molar-refractivity contribution in [1.82, 2.24) is 9.97 Å². The van der Waals surface area contributed by atoms with Crippen molar-refractivity contribution >= 4 is 22.8 Å². The van der Waals surface area contributed by atoms with E-state index in [9.17, 15) is 4.79 Å². The maximum Gasteiger partial charge on any atom is 0.255 e. The number of carbonyl (C=O) groups is 1. The zero-order valence-electron chi connectivity index (χ0n) is 16.7. The van der Waals surface area contributed by atoms with Crippen LogP contribution >= 0.6 is 0 Å². The molecule has 2 aromatic heterocycles. The maximum atomic E-state index is 10.9. The molecule has 31 heavy (non-hydrogen) atoms. The number of methoxy groups -OCH3 is 1. The van der Waals surface area contributed by atoms with Crippen molar-refractivity contribution in [3.63, 3.8) is 0 Å². The van der Waals surface area contributed by atoms with Crippen LogP contribution in [0.1, 0.15) is 5.56 Å². The number of pyridine rings is 1. The standard InChI is InChI=1S/C22H20N4O4.ClH/c1-28-19-11-14(4-9-17(19)29-13-20(23)27)12-25-16-7-5-15(6-8-16)22-26-21-18(30-22)3-2-10-24-21;/h2-11,25H,12-13H2,1H3,(H2,23,27);1H/p-1. The lowest BCUT2D eigenvalue weighted by Gasteiger charge is -2.12. The number of benzene rings is 2. The molecule has 0 aliphatic heterocycles. The second-order valence-electron chi connectivity index (χ2n) is 6.52. The molecule has 0 atom stereocenters. The molecule has 8 nitrogen and oxygen atoms in total. The van der Waals surface area contributed by atoms with E-state index in [0.717, 1.165) is 16.8 Å². The van der Waals surface area contributed by atoms with Crippen LogP contribution < -0.4 is 32.9 Å². The molecule has 2 heterocycles. The van der Waals surface area contributed by atoms with Gasteiger partial charge in [-0.2, -0.15) is 4.98 Å². The number of ether oxygens (including phenoxy) is 2. The topological polar surface area (TPSA) is 112 Å². The van der Waals surface area contributed by atoms with Crippen LogP contribution in [0.4, 0.5) is 5.69 Å². The fourth-order valence-corrected chi connectivity index (χ4v) is 2.92. The lowest BCUT2D eigenvalue weighted by atomic mass is 10.1. The highest BCUT2D eigenvalue weighted by atomic mass is 35.5. The molecule has 0 saturated heterocycles. The molecule has 0 aliphatic carbocycles. The average molecular weight is 440 g/mol. The summed E-state index contributed by atoms with van der Waals surface area (Å²) >= 11 is 0. The first-order valence-electron chi connectivity index (χ1n) is 9.26. The van der Waals surface area contributed by atoms with Gasteiger partial charge in [0.05, 0.1) is 7.11 Å². The first-order chi connectivity index (χ1) is 14.6. The Morgan fingerprint density at radius 1 is 1.13 bits per heavy atom. The number of nitrogens with two attached hydrogens (primary N) is 1. The fourth-order valence-electron chi connectivity index (χ4n) is 2.92. The Morgan fingerprint density at radius 3 is 2.65 bits per heavy atom. The van der Waals surface area contributed by atoms with E-state index in [2.05, 4.69) is 15.3 Å². The predicted molar refractivity (Wildman–Crippen MR) is 112 cm³/mol. The number of carbonyl (C=O) groups excluding carboxylic acids is 1. The minimum absolute atomic E-state index is 0. The summed E-state index contributed by atoms with van der Waals surface area (Å²) in [5.74, 6) is 1.000. The summed E-state index contributed by atoms with van der Waals surface area (Å²) in [4.78, 5) is 19.5. The second-order valence-corrected chi connectivity index (χ2v) is 6.52. The minimum atomic E-state index is -0.541. The zero-order chi connectivity index (χ0) is 20.9. The molecule has 3 N–H and O–H groups in total. The van der Waals surface area contributed by atoms with Gasteiger partial charge in [0.2, 0.25) is 5.89 Å². The van der Waals surface area contributed by atoms with Gasteiger partial charge in [0.15, 0.2) is 29.3 Å². The molecule has 160 valence electrons. The van der Waals surface area contributed by atoms with Gasteiger partial charge in [-0.25, -0.2) is 4.98 Å². The van der Waals surface area contributed by atoms with Gasteiger partial charge in [0, 0.05) is 24.0 Å². The molecule has 0 unspecified atom stereocenters. The summed E-state index contributed by atoms with van der Waals surface area (Å²) in [5, 5.41) is 3.35. The van der Waals surface area contributed by atoms with Gasteiger partial charge in [-0.15, -0.1) is 0 Å². The second kappa shape index (κ2) is 9.82. The van der Waals surface area contributed by atoms with Crippen LogP contribution in [0.2, 0.25) is 0 Å². The Bertz CT molecular complexity index is 1140. The summed E-state index contributed by atoms with van der Waals surface area (Å²) in [6.07, 6.45) is 1.69. The van der Waals surface area contributed by atoms with E-state index >= 15 is 0 Å². The Hall–Kier alpha value is -3.78. The van der Waals surface area contributed by atoms with Gasteiger partial charge in [-0.3, -0.25) is 4.79 Å². The Morgan fingerprint density at radius 2 is 1.94 bits per heavy atom. The Balaban J connectivity index is 0.00000272. The molecule has 0 saturated carbocycles. The minimum Gasteiger partial charge on any atom is -1.00 e. The lowest BCUT2D eigenvalue weighted by Crippen LogP contribution is -3.00. The number of rotatable bonds is 8. The SMILES string of the molecule is COc1cc(CNc2ccc(-c3nc4ncccc4o3)cc2)ccc1OCC(N)=O.[Cl-]. The number of hydrogen-bond acceptors (Lipinski definition) is 7. The van der Waals surface area contributed by atoms with Crippen LogP contribution in [0.5, 0.6) is 11.5 Å². The highest BCUT2D eigenvalue weighted by molar-refractivity contribution is 5.75. The van der Waals surface area contributed by atoms with Crippen molar-refractivity contribution in [2.45, 2.75) is 6.54 Å². The van der Waals surface area contributed by atoms with Gasteiger partial charge in [-0.05, 0) is 54.1 Å². The maximum absolute atomic E-state index is 10.9. The number of nitrogens with zero attached hydrogens (tertiary/aromatic N) is 2. The van der Waals surface area contributed by atoms with Crippen molar-refractivity contribution < 1.29 is 31.1 Å². The van der Waals surface area contributed by atoms with Gasteiger partial charge in [0.1, 0.15) is 0 Å². The summed E-state index contributed by atoms with van der Waals surface area (Å²) in [5.41, 5.74) is 9.17. The van der Waals surface area contributed by atoms with E-state index in [1.165, 1.54) is 0 Å². The van der Waals surface area contributed by atoms with Crippen molar-refractivity contribution in [1.29, 1.82) is 0 Å². The van der Waals surface area contributed by atoms with E-state index < -0.39 is 5.91 Å². The van der Waals surface area contributed by atoms with Gasteiger partial charge in [0.25, 0.3) is 5.91 Å². The third kappa shape index (κ3) is 5.23. The van der Waals surface area contributed by atoms with Crippen LogP contribution in [-0.2, 0) is 11.3 Å². The molecule has 9 heteroatoms. The highest BCUT2D eigenvalue weighted by Gasteiger charge is 2.09. The van der Waals surface area contributed by atoms with Crippen LogP contribution in [-0.4, -0.2) is 29.6 Å². The number of anilines is 1. The molecule has 0 spiro atoms. The normalized spacial score (nSPS) is 10.4. The zero-order valence-corrected chi connectivity index (χ0v) is 17.4. The van der Waals surface area contributed by atoms with Crippen molar-refractivity contribution in [2.75, 3.05) is 19.0 Å². The van der Waals surface area contributed by atoms with E-state index in [1.54, 1.807) is 19.4 Å². The summed E-state index contributed by atoms with van der Waals surface area (Å²) in [6.45, 7) is 0.384. The van der Waals surface area contributed by atoms with Gasteiger partial charge >= 0.3 is 0 Å². The first-order valence-corrected chi connectivity index (χ1v) is 9.26. The molecule has 4 rings (SSSR count). The third-order valence-corrected chi connectivity index (χ3v) is 4.39. The fraction of sp³-hybridized carbons (Fsp3) is 0.136. The summed E-state index contributed by atoms with van der Waals surface area (Å²) in [7, 11) is 1.55. The molecule has 0 fully saturated rings. The van der Waals surface area contributed by atoms with Crippen LogP contribution in [0.3, 0.4) is 0 Å². The molecule has 1 amide bonds. The van der Waals surface area contributed by atoms with Gasteiger partial charge < -0.3 is 37.3 Å². The molecular formula is C22H20ClN4O4-. The largest absolute Gasteiger partial charge is 1.00 e. The molecule has 0 radical (unpaired) electrons. The number of fused-ring (bicyclic) bond motifs is 1. The van der Waals surface area contributed by atoms with Gasteiger partial charge in [-0.1, -0.05) is 6.07 Å².